The van der Waals surface area contributed by atoms with Crippen LogP contribution in [0.2, 0.25) is 0 Å². The second-order valence-corrected chi connectivity index (χ2v) is 9.43. The molecule has 12 heteroatoms. The van der Waals surface area contributed by atoms with Gasteiger partial charge in [-0.2, -0.15) is 13.2 Å². The lowest BCUT2D eigenvalue weighted by molar-refractivity contribution is -0.144. The van der Waals surface area contributed by atoms with E-state index in [2.05, 4.69) is 15.6 Å². The first-order valence-electron chi connectivity index (χ1n) is 10.7. The van der Waals surface area contributed by atoms with Crippen molar-refractivity contribution in [2.24, 2.45) is 5.41 Å². The van der Waals surface area contributed by atoms with Crippen LogP contribution in [0.4, 0.5) is 13.2 Å². The molecule has 0 saturated carbocycles. The van der Waals surface area contributed by atoms with Gasteiger partial charge in [-0.1, -0.05) is 38.1 Å². The molecule has 4 atom stereocenters. The molecule has 1 saturated heterocycles. The zero-order valence-corrected chi connectivity index (χ0v) is 19.2. The Morgan fingerprint density at radius 3 is 2.50 bits per heavy atom. The van der Waals surface area contributed by atoms with Gasteiger partial charge in [0, 0.05) is 20.0 Å². The zero-order chi connectivity index (χ0) is 25.4. The van der Waals surface area contributed by atoms with E-state index in [0.29, 0.717) is 0 Å². The van der Waals surface area contributed by atoms with Crippen LogP contribution in [0.15, 0.2) is 30.5 Å². The molecule has 0 bridgehead atoms. The number of halogens is 3. The van der Waals surface area contributed by atoms with Gasteiger partial charge in [-0.05, 0) is 23.1 Å². The van der Waals surface area contributed by atoms with E-state index in [1.165, 1.54) is 35.0 Å². The van der Waals surface area contributed by atoms with Crippen molar-refractivity contribution in [1.82, 2.24) is 25.2 Å². The quantitative estimate of drug-likeness (QED) is 0.595. The summed E-state index contributed by atoms with van der Waals surface area (Å²) in [5, 5.41) is 31.1. The van der Waals surface area contributed by atoms with Crippen molar-refractivity contribution in [3.8, 4) is 0 Å². The number of likely N-dealkylation sites (N-methyl/N-ethyl adjacent to an activating group) is 1. The summed E-state index contributed by atoms with van der Waals surface area (Å²) in [7, 11) is 1.44. The second kappa shape index (κ2) is 9.34. The average Bonchev–Trinajstić information content (AvgIpc) is 3.38. The van der Waals surface area contributed by atoms with Crippen molar-refractivity contribution in [3.05, 3.63) is 47.3 Å². The van der Waals surface area contributed by atoms with Crippen molar-refractivity contribution >= 4 is 11.8 Å². The minimum Gasteiger partial charge on any atom is -0.391 e. The lowest BCUT2D eigenvalue weighted by atomic mass is 9.85. The number of hydrogen-bond acceptors (Lipinski definition) is 6. The molecular formula is C22H28F3N5O4. The number of carbonyl (C=O) groups is 2. The predicted molar refractivity (Wildman–Crippen MR) is 114 cm³/mol. The summed E-state index contributed by atoms with van der Waals surface area (Å²) in [5.41, 5.74) is -1.69. The number of nitrogens with zero attached hydrogens (tertiary/aromatic N) is 4. The van der Waals surface area contributed by atoms with Gasteiger partial charge < -0.3 is 20.4 Å². The minimum atomic E-state index is -4.57. The summed E-state index contributed by atoms with van der Waals surface area (Å²) < 4.78 is 40.4. The molecule has 34 heavy (non-hydrogen) atoms. The van der Waals surface area contributed by atoms with Crippen LogP contribution in [0.25, 0.3) is 0 Å². The van der Waals surface area contributed by atoms with Crippen LogP contribution in [0, 0.1) is 5.41 Å². The zero-order valence-electron chi connectivity index (χ0n) is 19.2. The van der Waals surface area contributed by atoms with Crippen molar-refractivity contribution in [2.45, 2.75) is 57.7 Å². The van der Waals surface area contributed by atoms with Crippen molar-refractivity contribution in [3.63, 3.8) is 0 Å². The number of β-amino-alcohol motifs (C(OH)–C–C–N with tert-alkyl or cyclic N) is 1. The lowest BCUT2D eigenvalue weighted by Gasteiger charge is -2.34. The van der Waals surface area contributed by atoms with Crippen LogP contribution in [0.1, 0.15) is 56.2 Å². The lowest BCUT2D eigenvalue weighted by Crippen LogP contribution is -2.49. The van der Waals surface area contributed by atoms with E-state index in [-0.39, 0.29) is 24.2 Å². The molecule has 0 aliphatic carbocycles. The molecule has 186 valence electrons. The molecule has 4 unspecified atom stereocenters. The van der Waals surface area contributed by atoms with E-state index in [1.54, 1.807) is 20.8 Å². The highest BCUT2D eigenvalue weighted by molar-refractivity contribution is 5.90. The molecular weight excluding hydrogens is 455 g/mol. The summed E-state index contributed by atoms with van der Waals surface area (Å²) in [6.45, 7) is 5.31. The molecule has 3 rings (SSSR count). The van der Waals surface area contributed by atoms with Gasteiger partial charge in [-0.3, -0.25) is 9.59 Å². The highest BCUT2D eigenvalue weighted by atomic mass is 19.4. The number of rotatable bonds is 5. The summed E-state index contributed by atoms with van der Waals surface area (Å²) >= 11 is 0. The topological polar surface area (TPSA) is 121 Å². The van der Waals surface area contributed by atoms with Gasteiger partial charge >= 0.3 is 6.18 Å². The normalized spacial score (nSPS) is 20.8. The number of amides is 2. The summed E-state index contributed by atoms with van der Waals surface area (Å²) in [5.74, 6) is -0.875. The molecule has 0 radical (unpaired) electrons. The summed E-state index contributed by atoms with van der Waals surface area (Å²) in [6, 6.07) is 2.44. The Labute approximate surface area is 194 Å². The monoisotopic (exact) mass is 483 g/mol. The number of likely N-dealkylation sites (tertiary alicyclic amines) is 1. The van der Waals surface area contributed by atoms with Crippen LogP contribution >= 0.6 is 0 Å². The Morgan fingerprint density at radius 2 is 1.91 bits per heavy atom. The van der Waals surface area contributed by atoms with E-state index >= 15 is 0 Å². The van der Waals surface area contributed by atoms with Gasteiger partial charge in [0.1, 0.15) is 23.9 Å². The molecule has 1 aromatic heterocycles. The number of aliphatic hydroxyl groups is 2. The molecule has 3 N–H and O–H groups in total. The van der Waals surface area contributed by atoms with E-state index in [4.69, 9.17) is 0 Å². The van der Waals surface area contributed by atoms with Crippen LogP contribution < -0.4 is 5.32 Å². The minimum absolute atomic E-state index is 0.0251. The van der Waals surface area contributed by atoms with E-state index in [9.17, 15) is 33.0 Å². The molecule has 2 amide bonds. The Morgan fingerprint density at radius 1 is 1.24 bits per heavy atom. The van der Waals surface area contributed by atoms with Gasteiger partial charge in [-0.15, -0.1) is 5.10 Å². The summed E-state index contributed by atoms with van der Waals surface area (Å²) in [4.78, 5) is 27.1. The largest absolute Gasteiger partial charge is 0.416 e. The number of aromatic nitrogens is 3. The summed E-state index contributed by atoms with van der Waals surface area (Å²) in [6.07, 6.45) is -5.53. The second-order valence-electron chi connectivity index (χ2n) is 9.43. The third kappa shape index (κ3) is 5.22. The molecule has 2 heterocycles. The van der Waals surface area contributed by atoms with Gasteiger partial charge in [0.15, 0.2) is 0 Å². The highest BCUT2D eigenvalue weighted by Gasteiger charge is 2.45. The maximum Gasteiger partial charge on any atom is 0.416 e. The van der Waals surface area contributed by atoms with E-state index in [1.807, 2.05) is 0 Å². The van der Waals surface area contributed by atoms with Gasteiger partial charge in [-0.25, -0.2) is 4.68 Å². The van der Waals surface area contributed by atoms with Crippen LogP contribution in [-0.4, -0.2) is 67.7 Å². The fourth-order valence-electron chi connectivity index (χ4n) is 4.11. The number of nitrogens with one attached hydrogen (secondary N) is 1. The van der Waals surface area contributed by atoms with Gasteiger partial charge in [0.05, 0.1) is 17.9 Å². The third-order valence-corrected chi connectivity index (χ3v) is 5.77. The molecule has 1 aliphatic rings. The highest BCUT2D eigenvalue weighted by Crippen LogP contribution is 2.35. The standard InChI is InChI=1S/C22H28F3N5O4/c1-21(2,3)18(20(34)29-10-14(31)9-16(29)19(33)26-4)30-11-15(27-28-30)17(32)12-6-5-7-13(8-12)22(23,24)25/h5-8,11,14,16-18,31-32H,9-10H2,1-4H3,(H,26,33). The number of aliphatic hydroxyl groups excluding tert-OH is 2. The van der Waals surface area contributed by atoms with Crippen molar-refractivity contribution in [1.29, 1.82) is 0 Å². The fraction of sp³-hybridized carbons (Fsp3) is 0.545. The van der Waals surface area contributed by atoms with E-state index < -0.39 is 53.3 Å². The number of benzene rings is 1. The van der Waals surface area contributed by atoms with Crippen LogP contribution in [0.5, 0.6) is 0 Å². The molecule has 0 spiro atoms. The third-order valence-electron chi connectivity index (χ3n) is 5.77. The SMILES string of the molecule is CNC(=O)C1CC(O)CN1C(=O)C(n1cc(C(O)c2cccc(C(F)(F)F)c2)nn1)C(C)(C)C. The van der Waals surface area contributed by atoms with Crippen molar-refractivity contribution in [2.75, 3.05) is 13.6 Å². The Balaban J connectivity index is 1.92. The van der Waals surface area contributed by atoms with Gasteiger partial charge in [0.25, 0.3) is 0 Å². The Kier molecular flexibility index (Phi) is 7.04. The molecule has 1 fully saturated rings. The maximum absolute atomic E-state index is 13.5. The van der Waals surface area contributed by atoms with Gasteiger partial charge in [0.2, 0.25) is 11.8 Å². The van der Waals surface area contributed by atoms with Crippen LogP contribution in [-0.2, 0) is 15.8 Å². The van der Waals surface area contributed by atoms with Crippen molar-refractivity contribution < 1.29 is 33.0 Å². The average molecular weight is 483 g/mol. The smallest absolute Gasteiger partial charge is 0.391 e. The Bertz CT molecular complexity index is 1050. The molecule has 9 nitrogen and oxygen atoms in total. The van der Waals surface area contributed by atoms with Crippen LogP contribution in [0.3, 0.4) is 0 Å². The number of hydrogen-bond donors (Lipinski definition) is 3. The molecule has 2 aromatic rings. The molecule has 1 aromatic carbocycles. The predicted octanol–water partition coefficient (Wildman–Crippen LogP) is 1.67. The number of alkyl halides is 3. The first-order chi connectivity index (χ1) is 15.7. The van der Waals surface area contributed by atoms with E-state index in [0.717, 1.165) is 12.1 Å². The molecule has 1 aliphatic heterocycles. The Hall–Kier alpha value is -2.99. The first-order valence-corrected chi connectivity index (χ1v) is 10.7. The maximum atomic E-state index is 13.5. The first kappa shape index (κ1) is 25.6. The number of carbonyl (C=O) groups excluding carboxylic acids is 2. The fourth-order valence-corrected chi connectivity index (χ4v) is 4.11.